The first-order valence-electron chi connectivity index (χ1n) is 11.0. The van der Waals surface area contributed by atoms with Gasteiger partial charge in [0.15, 0.2) is 0 Å². The van der Waals surface area contributed by atoms with Gasteiger partial charge in [0.25, 0.3) is 0 Å². The highest BCUT2D eigenvalue weighted by Gasteiger charge is 2.25. The van der Waals surface area contributed by atoms with E-state index in [1.807, 2.05) is 36.4 Å². The van der Waals surface area contributed by atoms with Crippen molar-refractivity contribution in [1.29, 1.82) is 0 Å². The number of carbonyl (C=O) groups excluding carboxylic acids is 2. The van der Waals surface area contributed by atoms with Crippen LogP contribution in [0.2, 0.25) is 0 Å². The molecule has 2 heterocycles. The van der Waals surface area contributed by atoms with E-state index in [0.29, 0.717) is 25.1 Å². The van der Waals surface area contributed by atoms with Gasteiger partial charge in [0.2, 0.25) is 5.91 Å². The first-order valence-corrected chi connectivity index (χ1v) is 11.0. The van der Waals surface area contributed by atoms with Gasteiger partial charge in [-0.2, -0.15) is 5.10 Å². The van der Waals surface area contributed by atoms with E-state index < -0.39 is 11.9 Å². The van der Waals surface area contributed by atoms with Gasteiger partial charge < -0.3 is 24.6 Å². The molecule has 9 heteroatoms. The van der Waals surface area contributed by atoms with Crippen molar-refractivity contribution in [2.75, 3.05) is 39.4 Å². The summed E-state index contributed by atoms with van der Waals surface area (Å²) in [7, 11) is 0. The van der Waals surface area contributed by atoms with Gasteiger partial charge in [0, 0.05) is 17.2 Å². The van der Waals surface area contributed by atoms with Crippen LogP contribution in [0.4, 0.5) is 0 Å². The molecule has 0 saturated carbocycles. The van der Waals surface area contributed by atoms with Crippen molar-refractivity contribution in [2.24, 2.45) is 5.10 Å². The van der Waals surface area contributed by atoms with Gasteiger partial charge in [-0.15, -0.1) is 0 Å². The van der Waals surface area contributed by atoms with Crippen LogP contribution in [0.1, 0.15) is 16.7 Å². The number of carbonyl (C=O) groups is 3. The predicted molar refractivity (Wildman–Crippen MR) is 122 cm³/mol. The van der Waals surface area contributed by atoms with Crippen LogP contribution in [0.3, 0.4) is 0 Å². The number of hydrogen-bond acceptors (Lipinski definition) is 6. The van der Waals surface area contributed by atoms with Crippen LogP contribution in [0, 0.1) is 0 Å². The molecule has 2 aliphatic rings. The van der Waals surface area contributed by atoms with Gasteiger partial charge in [0.1, 0.15) is 13.1 Å². The number of carboxylic acid groups (broad SMARTS) is 2. The van der Waals surface area contributed by atoms with Crippen LogP contribution in [-0.4, -0.2) is 73.1 Å². The normalized spacial score (nSPS) is 16.2. The highest BCUT2D eigenvalue weighted by Crippen LogP contribution is 2.21. The van der Waals surface area contributed by atoms with Crippen LogP contribution < -0.4 is 10.0 Å². The number of quaternary nitrogens is 1. The molecule has 34 heavy (non-hydrogen) atoms. The van der Waals surface area contributed by atoms with Crippen LogP contribution >= 0.6 is 0 Å². The monoisotopic (exact) mass is 465 g/mol. The fraction of sp³-hybridized carbons (Fsp3) is 0.280. The van der Waals surface area contributed by atoms with Crippen LogP contribution in [0.25, 0.3) is 0 Å². The minimum Gasteiger partial charge on any atom is -0.545 e. The fourth-order valence-electron chi connectivity index (χ4n) is 3.69. The number of amides is 1. The Balaban J connectivity index is 0.000000350. The van der Waals surface area contributed by atoms with Gasteiger partial charge in [-0.05, 0) is 11.6 Å². The second-order valence-corrected chi connectivity index (χ2v) is 7.77. The standard InChI is InChI=1S/C21H23N3O2.C4H4O4/c25-20-16-18-8-4-5-9-19(18)21(17-6-2-1-3-7-17)22-24(20)11-10-23-12-14-26-15-13-23;5-3(6)1-2-4(7)8/h1-9H,10-16H2;1-2H,(H,5,6)(H,7,8)/b;2-1-. The molecule has 4 rings (SSSR count). The third kappa shape index (κ3) is 7.36. The molecule has 0 atom stereocenters. The van der Waals surface area contributed by atoms with Crippen LogP contribution in [0.15, 0.2) is 71.9 Å². The molecule has 1 saturated heterocycles. The number of aliphatic carboxylic acids is 2. The molecule has 0 unspecified atom stereocenters. The Hall–Kier alpha value is -3.82. The number of nitrogens with one attached hydrogen (secondary N) is 1. The summed E-state index contributed by atoms with van der Waals surface area (Å²) in [5.41, 5.74) is 4.01. The molecule has 9 nitrogen and oxygen atoms in total. The van der Waals surface area contributed by atoms with E-state index in [1.54, 1.807) is 5.01 Å². The maximum Gasteiger partial charge on any atom is 0.328 e. The van der Waals surface area contributed by atoms with E-state index in [-0.39, 0.29) is 5.91 Å². The van der Waals surface area contributed by atoms with E-state index in [0.717, 1.165) is 55.3 Å². The number of rotatable bonds is 6. The van der Waals surface area contributed by atoms with Gasteiger partial charge in [0.05, 0.1) is 44.4 Å². The highest BCUT2D eigenvalue weighted by atomic mass is 16.5. The molecule has 0 aliphatic carbocycles. The third-order valence-electron chi connectivity index (χ3n) is 5.41. The number of ether oxygens (including phenoxy) is 1. The van der Waals surface area contributed by atoms with Crippen molar-refractivity contribution in [3.05, 3.63) is 83.4 Å². The first kappa shape index (κ1) is 24.8. The Labute approximate surface area is 197 Å². The zero-order valence-electron chi connectivity index (χ0n) is 18.7. The van der Waals surface area contributed by atoms with E-state index in [1.165, 1.54) is 4.90 Å². The molecule has 0 radical (unpaired) electrons. The second-order valence-electron chi connectivity index (χ2n) is 7.77. The molecule has 0 spiro atoms. The van der Waals surface area contributed by atoms with Crippen LogP contribution in [0.5, 0.6) is 0 Å². The molecule has 2 aromatic rings. The number of hydrogen-bond donors (Lipinski definition) is 2. The molecule has 2 aromatic carbocycles. The van der Waals surface area contributed by atoms with Gasteiger partial charge >= 0.3 is 5.97 Å². The lowest BCUT2D eigenvalue weighted by atomic mass is 9.96. The van der Waals surface area contributed by atoms with Gasteiger partial charge in [-0.25, -0.2) is 9.80 Å². The Morgan fingerprint density at radius 2 is 1.74 bits per heavy atom. The second kappa shape index (κ2) is 12.4. The van der Waals surface area contributed by atoms with E-state index >= 15 is 0 Å². The Kier molecular flexibility index (Phi) is 9.07. The first-order chi connectivity index (χ1) is 16.4. The third-order valence-corrected chi connectivity index (χ3v) is 5.41. The number of hydrazone groups is 1. The molecular weight excluding hydrogens is 438 g/mol. The van der Waals surface area contributed by atoms with Crippen molar-refractivity contribution >= 4 is 23.6 Å². The van der Waals surface area contributed by atoms with Gasteiger partial charge in [-0.3, -0.25) is 4.79 Å². The van der Waals surface area contributed by atoms with E-state index in [2.05, 4.69) is 18.2 Å². The molecule has 0 bridgehead atoms. The highest BCUT2D eigenvalue weighted by molar-refractivity contribution is 6.15. The molecule has 0 aromatic heterocycles. The predicted octanol–water partition coefficient (Wildman–Crippen LogP) is -0.884. The summed E-state index contributed by atoms with van der Waals surface area (Å²) in [6.45, 7) is 5.13. The lowest BCUT2D eigenvalue weighted by Crippen LogP contribution is -3.14. The largest absolute Gasteiger partial charge is 0.545 e. The summed E-state index contributed by atoms with van der Waals surface area (Å²) >= 11 is 0. The maximum atomic E-state index is 12.8. The summed E-state index contributed by atoms with van der Waals surface area (Å²) < 4.78 is 5.42. The van der Waals surface area contributed by atoms with Crippen molar-refractivity contribution in [3.8, 4) is 0 Å². The SMILES string of the molecule is O=C([O-])/C=C\C(=O)O.O=C1Cc2ccccc2C(c2ccccc2)=NN1CC[NH+]1CCOCC1. The number of benzene rings is 2. The molecular formula is C25H27N3O6. The molecule has 1 fully saturated rings. The maximum absolute atomic E-state index is 12.8. The summed E-state index contributed by atoms with van der Waals surface area (Å²) in [5, 5.41) is 23.7. The summed E-state index contributed by atoms with van der Waals surface area (Å²) in [4.78, 5) is 33.3. The zero-order chi connectivity index (χ0) is 24.3. The molecule has 2 N–H and O–H groups in total. The lowest BCUT2D eigenvalue weighted by Gasteiger charge is -2.25. The van der Waals surface area contributed by atoms with E-state index in [9.17, 15) is 19.5 Å². The minimum atomic E-state index is -1.51. The Morgan fingerprint density at radius 1 is 1.06 bits per heavy atom. The van der Waals surface area contributed by atoms with Crippen molar-refractivity contribution < 1.29 is 34.2 Å². The van der Waals surface area contributed by atoms with Crippen LogP contribution in [-0.2, 0) is 25.5 Å². The smallest absolute Gasteiger partial charge is 0.328 e. The van der Waals surface area contributed by atoms with Crippen molar-refractivity contribution in [1.82, 2.24) is 5.01 Å². The fourth-order valence-corrected chi connectivity index (χ4v) is 3.69. The number of nitrogens with zero attached hydrogens (tertiary/aromatic N) is 2. The summed E-state index contributed by atoms with van der Waals surface area (Å²) in [6, 6.07) is 18.2. The Bertz CT molecular complexity index is 1050. The average Bonchev–Trinajstić information content (AvgIpc) is 2.99. The molecule has 2 aliphatic heterocycles. The lowest BCUT2D eigenvalue weighted by molar-refractivity contribution is -0.907. The summed E-state index contributed by atoms with van der Waals surface area (Å²) in [6.07, 6.45) is 1.34. The average molecular weight is 466 g/mol. The van der Waals surface area contributed by atoms with Crippen molar-refractivity contribution in [2.45, 2.75) is 6.42 Å². The molecule has 1 amide bonds. The van der Waals surface area contributed by atoms with E-state index in [4.69, 9.17) is 14.9 Å². The number of fused-ring (bicyclic) bond motifs is 1. The number of morpholine rings is 1. The molecule has 178 valence electrons. The topological polar surface area (TPSA) is 124 Å². The zero-order valence-corrected chi connectivity index (χ0v) is 18.7. The quantitative estimate of drug-likeness (QED) is 0.534. The Morgan fingerprint density at radius 3 is 2.38 bits per heavy atom. The summed E-state index contributed by atoms with van der Waals surface area (Å²) in [5.74, 6) is -2.74. The minimum absolute atomic E-state index is 0.0658. The van der Waals surface area contributed by atoms with Crippen molar-refractivity contribution in [3.63, 3.8) is 0 Å². The van der Waals surface area contributed by atoms with Gasteiger partial charge in [-0.1, -0.05) is 54.6 Å². The number of carboxylic acids is 2.